The molecule has 116 valence electrons. The van der Waals surface area contributed by atoms with Gasteiger partial charge in [0.1, 0.15) is 0 Å². The van der Waals surface area contributed by atoms with Crippen LogP contribution in [0.4, 0.5) is 0 Å². The average molecular weight is 301 g/mol. The number of nitrogens with zero attached hydrogens (tertiary/aromatic N) is 3. The van der Waals surface area contributed by atoms with E-state index in [2.05, 4.69) is 15.0 Å². The normalized spacial score (nSPS) is 16.6. The van der Waals surface area contributed by atoms with Crippen molar-refractivity contribution in [3.05, 3.63) is 0 Å². The van der Waals surface area contributed by atoms with Crippen LogP contribution in [0.3, 0.4) is 0 Å². The van der Waals surface area contributed by atoms with Crippen molar-refractivity contribution in [2.45, 2.75) is 46.6 Å². The Labute approximate surface area is 123 Å². The highest BCUT2D eigenvalue weighted by Gasteiger charge is 2.45. The highest BCUT2D eigenvalue weighted by Crippen LogP contribution is 2.15. The van der Waals surface area contributed by atoms with Gasteiger partial charge in [0.15, 0.2) is 17.7 Å². The quantitative estimate of drug-likeness (QED) is 0.430. The molecule has 0 aromatic rings. The van der Waals surface area contributed by atoms with Gasteiger partial charge in [0.25, 0.3) is 0 Å². The molecule has 0 heterocycles. The summed E-state index contributed by atoms with van der Waals surface area (Å²) in [7, 11) is 2.12. The molecule has 0 aromatic heterocycles. The molecule has 0 spiro atoms. The van der Waals surface area contributed by atoms with Gasteiger partial charge in [0, 0.05) is 47.0 Å². The number of hydrogen-bond acceptors (Lipinski definition) is 6. The smallest absolute Gasteiger partial charge is 0.471 e. The van der Waals surface area contributed by atoms with Crippen LogP contribution in [0.25, 0.3) is 0 Å². The Morgan fingerprint density at radius 2 is 0.950 bits per heavy atom. The van der Waals surface area contributed by atoms with Gasteiger partial charge in [-0.1, -0.05) is 20.8 Å². The molecular formula is C13H27N3O3Si. The third-order valence-corrected chi connectivity index (χ3v) is 4.38. The molecule has 0 radical (unpaired) electrons. The van der Waals surface area contributed by atoms with Gasteiger partial charge in [0.2, 0.25) is 0 Å². The van der Waals surface area contributed by atoms with Crippen LogP contribution in [0.1, 0.15) is 40.0 Å². The molecule has 0 aliphatic rings. The Hall–Kier alpha value is -1.37. The zero-order valence-electron chi connectivity index (χ0n) is 13.7. The van der Waals surface area contributed by atoms with E-state index < -0.39 is 8.80 Å². The van der Waals surface area contributed by atoms with Crippen molar-refractivity contribution in [1.29, 1.82) is 0 Å². The molecular weight excluding hydrogens is 274 g/mol. The third kappa shape index (κ3) is 6.18. The second-order valence-corrected chi connectivity index (χ2v) is 6.42. The molecule has 0 atom stereocenters. The molecule has 0 aliphatic carbocycles. The molecule has 0 saturated heterocycles. The SMILES string of the molecule is CCC(=NC)O[Si](C)(OC(CC)=NC)OC(CC)=NC. The molecule has 0 amide bonds. The fourth-order valence-electron chi connectivity index (χ4n) is 1.53. The first-order chi connectivity index (χ1) is 9.48. The fourth-order valence-corrected chi connectivity index (χ4v) is 3.65. The fraction of sp³-hybridized carbons (Fsp3) is 0.769. The summed E-state index contributed by atoms with van der Waals surface area (Å²) in [6, 6.07) is 0. The van der Waals surface area contributed by atoms with Gasteiger partial charge >= 0.3 is 8.80 Å². The van der Waals surface area contributed by atoms with Crippen molar-refractivity contribution in [2.75, 3.05) is 21.1 Å². The van der Waals surface area contributed by atoms with Crippen LogP contribution in [0.15, 0.2) is 15.0 Å². The lowest BCUT2D eigenvalue weighted by Gasteiger charge is -2.28. The summed E-state index contributed by atoms with van der Waals surface area (Å²) in [5.74, 6) is 1.83. The maximum atomic E-state index is 5.89. The van der Waals surface area contributed by atoms with Gasteiger partial charge in [-0.15, -0.1) is 0 Å². The average Bonchev–Trinajstić information content (AvgIpc) is 2.48. The van der Waals surface area contributed by atoms with Crippen molar-refractivity contribution >= 4 is 26.5 Å². The Morgan fingerprint density at radius 3 is 1.10 bits per heavy atom. The Morgan fingerprint density at radius 1 is 0.700 bits per heavy atom. The second-order valence-electron chi connectivity index (χ2n) is 4.08. The van der Waals surface area contributed by atoms with Crippen LogP contribution in [0.2, 0.25) is 6.55 Å². The second kappa shape index (κ2) is 9.52. The first-order valence-corrected chi connectivity index (χ1v) is 9.14. The van der Waals surface area contributed by atoms with Crippen molar-refractivity contribution in [3.8, 4) is 0 Å². The van der Waals surface area contributed by atoms with Crippen LogP contribution in [-0.2, 0) is 13.3 Å². The molecule has 0 saturated carbocycles. The highest BCUT2D eigenvalue weighted by atomic mass is 28.4. The maximum Gasteiger partial charge on any atom is 0.698 e. The van der Waals surface area contributed by atoms with E-state index in [0.717, 1.165) is 0 Å². The largest absolute Gasteiger partial charge is 0.698 e. The lowest BCUT2D eigenvalue weighted by Crippen LogP contribution is -2.47. The topological polar surface area (TPSA) is 64.8 Å². The molecule has 0 N–H and O–H groups in total. The molecule has 0 unspecified atom stereocenters. The van der Waals surface area contributed by atoms with Crippen LogP contribution in [0, 0.1) is 0 Å². The van der Waals surface area contributed by atoms with E-state index in [1.807, 2.05) is 27.3 Å². The van der Waals surface area contributed by atoms with E-state index in [4.69, 9.17) is 13.3 Å². The van der Waals surface area contributed by atoms with Crippen LogP contribution in [0.5, 0.6) is 0 Å². The first-order valence-electron chi connectivity index (χ1n) is 6.92. The summed E-state index contributed by atoms with van der Waals surface area (Å²) in [4.78, 5) is 12.3. The van der Waals surface area contributed by atoms with Crippen LogP contribution < -0.4 is 0 Å². The van der Waals surface area contributed by atoms with E-state index in [1.165, 1.54) is 0 Å². The van der Waals surface area contributed by atoms with E-state index in [9.17, 15) is 0 Å². The Bertz CT molecular complexity index is 326. The van der Waals surface area contributed by atoms with Gasteiger partial charge in [0.05, 0.1) is 0 Å². The van der Waals surface area contributed by atoms with Crippen LogP contribution in [-0.4, -0.2) is 47.6 Å². The number of aliphatic imine (C=N–C) groups is 3. The predicted octanol–water partition coefficient (Wildman–Crippen LogP) is 2.92. The molecule has 0 aromatic carbocycles. The van der Waals surface area contributed by atoms with E-state index in [1.54, 1.807) is 21.1 Å². The summed E-state index contributed by atoms with van der Waals surface area (Å²) in [6.07, 6.45) is 2.05. The predicted molar refractivity (Wildman–Crippen MR) is 85.8 cm³/mol. The molecule has 0 fully saturated rings. The minimum absolute atomic E-state index is 0.609. The zero-order chi connectivity index (χ0) is 15.6. The van der Waals surface area contributed by atoms with E-state index >= 15 is 0 Å². The Kier molecular flexibility index (Phi) is 8.86. The van der Waals surface area contributed by atoms with Gasteiger partial charge in [-0.25, -0.2) is 0 Å². The third-order valence-electron chi connectivity index (χ3n) is 2.57. The van der Waals surface area contributed by atoms with E-state index in [-0.39, 0.29) is 0 Å². The minimum Gasteiger partial charge on any atom is -0.471 e. The number of hydrogen-bond donors (Lipinski definition) is 0. The first kappa shape index (κ1) is 18.6. The zero-order valence-corrected chi connectivity index (χ0v) is 14.7. The molecule has 6 nitrogen and oxygen atoms in total. The molecule has 7 heteroatoms. The summed E-state index contributed by atoms with van der Waals surface area (Å²) in [6.45, 7) is 7.75. The van der Waals surface area contributed by atoms with Gasteiger partial charge in [-0.3, -0.25) is 15.0 Å². The summed E-state index contributed by atoms with van der Waals surface area (Å²) < 4.78 is 17.7. The molecule has 0 rings (SSSR count). The van der Waals surface area contributed by atoms with Gasteiger partial charge in [-0.2, -0.15) is 0 Å². The van der Waals surface area contributed by atoms with Crippen LogP contribution >= 0.6 is 0 Å². The monoisotopic (exact) mass is 301 g/mol. The number of rotatable bonds is 6. The minimum atomic E-state index is -2.96. The van der Waals surface area contributed by atoms with Crippen molar-refractivity contribution in [1.82, 2.24) is 0 Å². The lowest BCUT2D eigenvalue weighted by molar-refractivity contribution is 0.245. The molecule has 0 aliphatic heterocycles. The summed E-state index contributed by atoms with van der Waals surface area (Å²) in [5.41, 5.74) is 0. The summed E-state index contributed by atoms with van der Waals surface area (Å²) >= 11 is 0. The molecule has 0 bridgehead atoms. The lowest BCUT2D eigenvalue weighted by atomic mass is 10.5. The van der Waals surface area contributed by atoms with Crippen molar-refractivity contribution in [2.24, 2.45) is 15.0 Å². The van der Waals surface area contributed by atoms with Crippen molar-refractivity contribution < 1.29 is 13.3 Å². The van der Waals surface area contributed by atoms with Crippen molar-refractivity contribution in [3.63, 3.8) is 0 Å². The van der Waals surface area contributed by atoms with E-state index in [0.29, 0.717) is 37.0 Å². The standard InChI is InChI=1S/C13H27N3O3Si/c1-8-11(14-4)17-20(7,18-12(9-2)15-5)19-13(10-3)16-6/h8-10H2,1-7H3. The molecule has 20 heavy (non-hydrogen) atoms. The highest BCUT2D eigenvalue weighted by molar-refractivity contribution is 6.64. The summed E-state index contributed by atoms with van der Waals surface area (Å²) in [5, 5.41) is 0. The van der Waals surface area contributed by atoms with Gasteiger partial charge in [-0.05, 0) is 0 Å². The maximum absolute atomic E-state index is 5.89. The van der Waals surface area contributed by atoms with Gasteiger partial charge < -0.3 is 13.3 Å². The Balaban J connectivity index is 5.21.